The quantitative estimate of drug-likeness (QED) is 0.752. The molecule has 16 heavy (non-hydrogen) atoms. The lowest BCUT2D eigenvalue weighted by Gasteiger charge is -2.51. The van der Waals surface area contributed by atoms with Gasteiger partial charge in [0.25, 0.3) is 0 Å². The highest BCUT2D eigenvalue weighted by Crippen LogP contribution is 2.32. The van der Waals surface area contributed by atoms with Gasteiger partial charge in [0.2, 0.25) is 0 Å². The Morgan fingerprint density at radius 3 is 2.81 bits per heavy atom. The predicted molar refractivity (Wildman–Crippen MR) is 63.4 cm³/mol. The van der Waals surface area contributed by atoms with E-state index in [1.807, 2.05) is 0 Å². The first kappa shape index (κ1) is 12.3. The van der Waals surface area contributed by atoms with Gasteiger partial charge in [0, 0.05) is 31.3 Å². The standard InChI is InChI=1S/C12H24N2O2/c1-10-8-15-6-4-14(10)12(9-13)3-5-16-11(2)7-12/h10-11H,3-9,13H2,1-2H3. The highest BCUT2D eigenvalue weighted by Gasteiger charge is 2.42. The van der Waals surface area contributed by atoms with Gasteiger partial charge in [0.15, 0.2) is 0 Å². The third-order valence-electron chi connectivity index (χ3n) is 3.99. The van der Waals surface area contributed by atoms with Crippen molar-refractivity contribution in [3.63, 3.8) is 0 Å². The molecule has 2 rings (SSSR count). The number of nitrogens with zero attached hydrogens (tertiary/aromatic N) is 1. The van der Waals surface area contributed by atoms with E-state index >= 15 is 0 Å². The minimum atomic E-state index is 0.140. The molecule has 3 unspecified atom stereocenters. The predicted octanol–water partition coefficient (Wildman–Crippen LogP) is 0.604. The average Bonchev–Trinajstić information content (AvgIpc) is 2.29. The molecule has 2 saturated heterocycles. The van der Waals surface area contributed by atoms with Crippen LogP contribution < -0.4 is 5.73 Å². The molecule has 0 aromatic rings. The minimum Gasteiger partial charge on any atom is -0.379 e. The molecule has 0 bridgehead atoms. The van der Waals surface area contributed by atoms with Crippen molar-refractivity contribution in [2.24, 2.45) is 5.73 Å². The Hall–Kier alpha value is -0.160. The van der Waals surface area contributed by atoms with Gasteiger partial charge < -0.3 is 15.2 Å². The summed E-state index contributed by atoms with van der Waals surface area (Å²) < 4.78 is 11.2. The summed E-state index contributed by atoms with van der Waals surface area (Å²) in [6, 6.07) is 0.475. The van der Waals surface area contributed by atoms with Crippen LogP contribution in [-0.4, -0.2) is 55.5 Å². The largest absolute Gasteiger partial charge is 0.379 e. The van der Waals surface area contributed by atoms with E-state index in [-0.39, 0.29) is 5.54 Å². The van der Waals surface area contributed by atoms with Gasteiger partial charge in [-0.15, -0.1) is 0 Å². The van der Waals surface area contributed by atoms with Crippen molar-refractivity contribution in [1.82, 2.24) is 4.90 Å². The van der Waals surface area contributed by atoms with Gasteiger partial charge in [0.1, 0.15) is 0 Å². The summed E-state index contributed by atoms with van der Waals surface area (Å²) in [5.74, 6) is 0. The van der Waals surface area contributed by atoms with Gasteiger partial charge in [-0.2, -0.15) is 0 Å². The van der Waals surface area contributed by atoms with Crippen LogP contribution in [0.2, 0.25) is 0 Å². The lowest BCUT2D eigenvalue weighted by Crippen LogP contribution is -2.63. The van der Waals surface area contributed by atoms with Crippen LogP contribution in [0.1, 0.15) is 26.7 Å². The molecular formula is C12H24N2O2. The van der Waals surface area contributed by atoms with Gasteiger partial charge in [-0.1, -0.05) is 0 Å². The Labute approximate surface area is 98.1 Å². The molecule has 2 fully saturated rings. The smallest absolute Gasteiger partial charge is 0.0620 e. The van der Waals surface area contributed by atoms with Gasteiger partial charge in [-0.25, -0.2) is 0 Å². The van der Waals surface area contributed by atoms with Crippen LogP contribution in [-0.2, 0) is 9.47 Å². The Morgan fingerprint density at radius 1 is 1.38 bits per heavy atom. The van der Waals surface area contributed by atoms with Crippen LogP contribution in [0, 0.1) is 0 Å². The first-order chi connectivity index (χ1) is 7.68. The summed E-state index contributed by atoms with van der Waals surface area (Å²) in [5.41, 5.74) is 6.20. The van der Waals surface area contributed by atoms with E-state index in [1.54, 1.807) is 0 Å². The molecule has 2 aliphatic heterocycles. The number of ether oxygens (including phenoxy) is 2. The summed E-state index contributed by atoms with van der Waals surface area (Å²) in [7, 11) is 0. The monoisotopic (exact) mass is 228 g/mol. The molecule has 3 atom stereocenters. The minimum absolute atomic E-state index is 0.140. The second kappa shape index (κ2) is 5.00. The first-order valence-corrected chi connectivity index (χ1v) is 6.34. The normalized spacial score (nSPS) is 42.2. The second-order valence-corrected chi connectivity index (χ2v) is 5.18. The fourth-order valence-corrected chi connectivity index (χ4v) is 3.14. The van der Waals surface area contributed by atoms with Crippen LogP contribution in [0.5, 0.6) is 0 Å². The van der Waals surface area contributed by atoms with Crippen LogP contribution >= 0.6 is 0 Å². The van der Waals surface area contributed by atoms with Crippen molar-refractivity contribution in [2.75, 3.05) is 32.9 Å². The molecule has 2 aliphatic rings. The second-order valence-electron chi connectivity index (χ2n) is 5.18. The zero-order valence-electron chi connectivity index (χ0n) is 10.4. The summed E-state index contributed by atoms with van der Waals surface area (Å²) in [6.45, 7) is 8.61. The maximum atomic E-state index is 6.06. The summed E-state index contributed by atoms with van der Waals surface area (Å²) >= 11 is 0. The topological polar surface area (TPSA) is 47.7 Å². The molecule has 0 aromatic heterocycles. The number of rotatable bonds is 2. The summed E-state index contributed by atoms with van der Waals surface area (Å²) in [4.78, 5) is 2.55. The summed E-state index contributed by atoms with van der Waals surface area (Å²) in [5, 5.41) is 0. The fraction of sp³-hybridized carbons (Fsp3) is 1.00. The number of hydrogen-bond donors (Lipinski definition) is 1. The zero-order valence-corrected chi connectivity index (χ0v) is 10.4. The van der Waals surface area contributed by atoms with E-state index in [4.69, 9.17) is 15.2 Å². The van der Waals surface area contributed by atoms with Crippen molar-refractivity contribution >= 4 is 0 Å². The SMILES string of the molecule is CC1CC(CN)(N2CCOCC2C)CCO1. The molecule has 2 N–H and O–H groups in total. The van der Waals surface area contributed by atoms with Crippen LogP contribution in [0.4, 0.5) is 0 Å². The van der Waals surface area contributed by atoms with Crippen molar-refractivity contribution in [2.45, 2.75) is 44.4 Å². The molecule has 4 heteroatoms. The van der Waals surface area contributed by atoms with Crippen LogP contribution in [0.3, 0.4) is 0 Å². The Bertz CT molecular complexity index is 237. The molecule has 0 amide bonds. The van der Waals surface area contributed by atoms with Crippen molar-refractivity contribution in [3.8, 4) is 0 Å². The van der Waals surface area contributed by atoms with Gasteiger partial charge in [0.05, 0.1) is 19.3 Å². The Morgan fingerprint density at radius 2 is 2.19 bits per heavy atom. The van der Waals surface area contributed by atoms with Gasteiger partial charge in [-0.3, -0.25) is 4.90 Å². The van der Waals surface area contributed by atoms with Gasteiger partial charge in [-0.05, 0) is 26.7 Å². The fourth-order valence-electron chi connectivity index (χ4n) is 3.14. The molecule has 2 heterocycles. The molecule has 0 radical (unpaired) electrons. The number of morpholine rings is 1. The first-order valence-electron chi connectivity index (χ1n) is 6.34. The lowest BCUT2D eigenvalue weighted by atomic mass is 9.84. The average molecular weight is 228 g/mol. The van der Waals surface area contributed by atoms with E-state index in [0.29, 0.717) is 12.1 Å². The van der Waals surface area contributed by atoms with E-state index in [9.17, 15) is 0 Å². The molecule has 94 valence electrons. The molecule has 4 nitrogen and oxygen atoms in total. The van der Waals surface area contributed by atoms with Crippen molar-refractivity contribution in [3.05, 3.63) is 0 Å². The molecule has 0 saturated carbocycles. The lowest BCUT2D eigenvalue weighted by molar-refractivity contribution is -0.112. The van der Waals surface area contributed by atoms with Crippen molar-refractivity contribution in [1.29, 1.82) is 0 Å². The van der Waals surface area contributed by atoms with Crippen LogP contribution in [0.25, 0.3) is 0 Å². The summed E-state index contributed by atoms with van der Waals surface area (Å²) in [6.07, 6.45) is 2.43. The Kier molecular flexibility index (Phi) is 3.85. The van der Waals surface area contributed by atoms with E-state index in [1.165, 1.54) is 0 Å². The van der Waals surface area contributed by atoms with Crippen molar-refractivity contribution < 1.29 is 9.47 Å². The van der Waals surface area contributed by atoms with Gasteiger partial charge >= 0.3 is 0 Å². The third kappa shape index (κ3) is 2.25. The molecule has 0 aromatic carbocycles. The van der Waals surface area contributed by atoms with E-state index < -0.39 is 0 Å². The maximum absolute atomic E-state index is 6.06. The Balaban J connectivity index is 2.12. The molecule has 0 aliphatic carbocycles. The zero-order chi connectivity index (χ0) is 11.6. The van der Waals surface area contributed by atoms with E-state index in [0.717, 1.165) is 45.8 Å². The highest BCUT2D eigenvalue weighted by atomic mass is 16.5. The van der Waals surface area contributed by atoms with Crippen LogP contribution in [0.15, 0.2) is 0 Å². The third-order valence-corrected chi connectivity index (χ3v) is 3.99. The molecular weight excluding hydrogens is 204 g/mol. The highest BCUT2D eigenvalue weighted by molar-refractivity contribution is 4.98. The number of hydrogen-bond acceptors (Lipinski definition) is 4. The number of nitrogens with two attached hydrogens (primary N) is 1. The molecule has 0 spiro atoms. The van der Waals surface area contributed by atoms with E-state index in [2.05, 4.69) is 18.7 Å². The maximum Gasteiger partial charge on any atom is 0.0620 e.